The van der Waals surface area contributed by atoms with Gasteiger partial charge in [-0.3, -0.25) is 0 Å². The summed E-state index contributed by atoms with van der Waals surface area (Å²) in [6.45, 7) is 9.10. The zero-order chi connectivity index (χ0) is 19.4. The van der Waals surface area contributed by atoms with Gasteiger partial charge in [0, 0.05) is 6.42 Å². The first-order valence-electron chi connectivity index (χ1n) is 11.3. The van der Waals surface area contributed by atoms with Crippen molar-refractivity contribution in [3.63, 3.8) is 0 Å². The highest BCUT2D eigenvalue weighted by atomic mass is 16.3. The maximum atomic E-state index is 11.5. The Morgan fingerprint density at radius 3 is 2.63 bits per heavy atom. The van der Waals surface area contributed by atoms with E-state index in [1.54, 1.807) is 18.1 Å². The van der Waals surface area contributed by atoms with Crippen molar-refractivity contribution in [1.82, 2.24) is 0 Å². The Morgan fingerprint density at radius 1 is 1.15 bits per heavy atom. The minimum Gasteiger partial charge on any atom is -0.393 e. The van der Waals surface area contributed by atoms with Gasteiger partial charge in [0.2, 0.25) is 0 Å². The normalized spacial score (nSPS) is 44.5. The van der Waals surface area contributed by atoms with Crippen molar-refractivity contribution in [2.45, 2.75) is 91.6 Å². The van der Waals surface area contributed by atoms with Crippen LogP contribution in [0, 0.1) is 34.5 Å². The summed E-state index contributed by atoms with van der Waals surface area (Å²) in [6.07, 6.45) is 14.8. The number of aliphatic hydroxyl groups excluding tert-OH is 1. The predicted molar refractivity (Wildman–Crippen MR) is 110 cm³/mol. The molecule has 4 rings (SSSR count). The minimum atomic E-state index is -0.114. The molecule has 2 saturated carbocycles. The van der Waals surface area contributed by atoms with E-state index in [-0.39, 0.29) is 6.10 Å². The summed E-state index contributed by atoms with van der Waals surface area (Å²) >= 11 is 0. The molecule has 4 aliphatic rings. The van der Waals surface area contributed by atoms with Gasteiger partial charge in [-0.15, -0.1) is 0 Å². The van der Waals surface area contributed by atoms with Crippen LogP contribution < -0.4 is 0 Å². The highest BCUT2D eigenvalue weighted by Crippen LogP contribution is 2.65. The molecule has 0 aliphatic heterocycles. The van der Waals surface area contributed by atoms with Crippen molar-refractivity contribution in [1.29, 1.82) is 0 Å². The van der Waals surface area contributed by atoms with Crippen LogP contribution in [0.5, 0.6) is 0 Å². The van der Waals surface area contributed by atoms with E-state index >= 15 is 0 Å². The lowest BCUT2D eigenvalue weighted by atomic mass is 9.47. The first-order chi connectivity index (χ1) is 12.8. The third-order valence-corrected chi connectivity index (χ3v) is 9.18. The zero-order valence-corrected chi connectivity index (χ0v) is 17.8. The van der Waals surface area contributed by atoms with Crippen molar-refractivity contribution < 1.29 is 9.90 Å². The molecule has 3 unspecified atom stereocenters. The second kappa shape index (κ2) is 6.87. The van der Waals surface area contributed by atoms with Gasteiger partial charge in [0.15, 0.2) is 0 Å². The summed E-state index contributed by atoms with van der Waals surface area (Å²) in [5, 5.41) is 10.2. The average molecular weight is 371 g/mol. The molecule has 0 aromatic carbocycles. The number of carbonyl (C=O) groups excluding carboxylic acids is 1. The SMILES string of the molecule is CC(=O)CC[C@@H](C)C1=CCC2C3CC=C4C[C@@H](O)CC[C@]4(C)C3CC[C@]12C. The average Bonchev–Trinajstić information content (AvgIpc) is 2.97. The fourth-order valence-corrected chi connectivity index (χ4v) is 7.58. The van der Waals surface area contributed by atoms with Crippen LogP contribution in [-0.4, -0.2) is 17.0 Å². The van der Waals surface area contributed by atoms with Crippen LogP contribution in [0.25, 0.3) is 0 Å². The number of rotatable bonds is 4. The Bertz CT molecular complexity index is 674. The van der Waals surface area contributed by atoms with E-state index in [0.29, 0.717) is 22.5 Å². The Balaban J connectivity index is 1.55. The summed E-state index contributed by atoms with van der Waals surface area (Å²) in [4.78, 5) is 11.5. The predicted octanol–water partition coefficient (Wildman–Crippen LogP) is 5.85. The van der Waals surface area contributed by atoms with Crippen molar-refractivity contribution >= 4 is 5.78 Å². The lowest BCUT2D eigenvalue weighted by Crippen LogP contribution is -2.50. The number of Topliss-reactive ketones (excluding diaryl/α,β-unsaturated/α-hetero) is 1. The summed E-state index contributed by atoms with van der Waals surface area (Å²) in [6, 6.07) is 0. The molecule has 1 N–H and O–H groups in total. The number of aliphatic hydroxyl groups is 1. The Hall–Kier alpha value is -0.890. The summed E-state index contributed by atoms with van der Waals surface area (Å²) in [7, 11) is 0. The molecule has 2 nitrogen and oxygen atoms in total. The topological polar surface area (TPSA) is 37.3 Å². The molecule has 0 amide bonds. The monoisotopic (exact) mass is 370 g/mol. The van der Waals surface area contributed by atoms with E-state index in [9.17, 15) is 9.90 Å². The smallest absolute Gasteiger partial charge is 0.129 e. The molecule has 0 saturated heterocycles. The third kappa shape index (κ3) is 3.07. The number of allylic oxidation sites excluding steroid dienone is 3. The number of carbonyl (C=O) groups is 1. The van der Waals surface area contributed by atoms with Gasteiger partial charge in [-0.05, 0) is 92.8 Å². The van der Waals surface area contributed by atoms with Gasteiger partial charge in [0.05, 0.1) is 6.10 Å². The fraction of sp³-hybridized carbons (Fsp3) is 0.800. The molecule has 4 aliphatic carbocycles. The minimum absolute atomic E-state index is 0.114. The highest BCUT2D eigenvalue weighted by Gasteiger charge is 2.56. The maximum Gasteiger partial charge on any atom is 0.129 e. The summed E-state index contributed by atoms with van der Waals surface area (Å²) in [5.41, 5.74) is 3.89. The van der Waals surface area contributed by atoms with Crippen LogP contribution >= 0.6 is 0 Å². The van der Waals surface area contributed by atoms with Crippen molar-refractivity contribution in [2.24, 2.45) is 34.5 Å². The van der Waals surface area contributed by atoms with E-state index in [4.69, 9.17) is 0 Å². The van der Waals surface area contributed by atoms with Crippen LogP contribution in [0.15, 0.2) is 23.3 Å². The van der Waals surface area contributed by atoms with Crippen molar-refractivity contribution in [3.8, 4) is 0 Å². The van der Waals surface area contributed by atoms with E-state index in [1.807, 2.05) is 0 Å². The quantitative estimate of drug-likeness (QED) is 0.630. The molecule has 2 heteroatoms. The second-order valence-corrected chi connectivity index (χ2v) is 10.6. The van der Waals surface area contributed by atoms with Gasteiger partial charge < -0.3 is 9.90 Å². The van der Waals surface area contributed by atoms with Crippen LogP contribution in [0.2, 0.25) is 0 Å². The molecule has 7 atom stereocenters. The van der Waals surface area contributed by atoms with E-state index in [0.717, 1.165) is 43.4 Å². The van der Waals surface area contributed by atoms with E-state index in [1.165, 1.54) is 32.1 Å². The van der Waals surface area contributed by atoms with Crippen molar-refractivity contribution in [3.05, 3.63) is 23.3 Å². The zero-order valence-electron chi connectivity index (χ0n) is 17.8. The molecular weight excluding hydrogens is 332 g/mol. The third-order valence-electron chi connectivity index (χ3n) is 9.18. The molecule has 0 radical (unpaired) electrons. The standard InChI is InChI=1S/C25H38O2/c1-16(5-6-17(2)26)21-9-10-22-20-8-7-18-15-19(27)11-13-24(18,3)23(20)12-14-25(21,22)4/h7,9,16,19-20,22-23,27H,5-6,8,10-15H2,1-4H3/t16-,19+,20?,22?,23?,24+,25-/m1/s1. The van der Waals surface area contributed by atoms with Crippen LogP contribution in [0.3, 0.4) is 0 Å². The first-order valence-corrected chi connectivity index (χ1v) is 11.3. The number of hydrogen-bond acceptors (Lipinski definition) is 2. The Labute approximate surface area is 165 Å². The molecule has 0 bridgehead atoms. The number of hydrogen-bond donors (Lipinski definition) is 1. The first kappa shape index (κ1) is 19.4. The maximum absolute atomic E-state index is 11.5. The van der Waals surface area contributed by atoms with Gasteiger partial charge in [-0.1, -0.05) is 44.1 Å². The molecule has 27 heavy (non-hydrogen) atoms. The lowest BCUT2D eigenvalue weighted by molar-refractivity contribution is -0.117. The van der Waals surface area contributed by atoms with Gasteiger partial charge >= 0.3 is 0 Å². The fourth-order valence-electron chi connectivity index (χ4n) is 7.58. The summed E-state index contributed by atoms with van der Waals surface area (Å²) in [5.74, 6) is 3.22. The Morgan fingerprint density at radius 2 is 1.89 bits per heavy atom. The molecule has 0 heterocycles. The molecular formula is C25H38O2. The van der Waals surface area contributed by atoms with Crippen molar-refractivity contribution in [2.75, 3.05) is 0 Å². The van der Waals surface area contributed by atoms with E-state index in [2.05, 4.69) is 32.9 Å². The largest absolute Gasteiger partial charge is 0.393 e. The molecule has 150 valence electrons. The molecule has 2 fully saturated rings. The van der Waals surface area contributed by atoms with Gasteiger partial charge in [-0.2, -0.15) is 0 Å². The highest BCUT2D eigenvalue weighted by molar-refractivity contribution is 5.75. The number of fused-ring (bicyclic) bond motifs is 5. The second-order valence-electron chi connectivity index (χ2n) is 10.6. The van der Waals surface area contributed by atoms with Gasteiger partial charge in [0.1, 0.15) is 5.78 Å². The lowest BCUT2D eigenvalue weighted by Gasteiger charge is -2.58. The molecule has 0 aromatic rings. The van der Waals surface area contributed by atoms with Gasteiger partial charge in [-0.25, -0.2) is 0 Å². The Kier molecular flexibility index (Phi) is 4.94. The van der Waals surface area contributed by atoms with Crippen LogP contribution in [0.1, 0.15) is 85.5 Å². The number of ketones is 1. The molecule has 0 aromatic heterocycles. The van der Waals surface area contributed by atoms with Crippen LogP contribution in [0.4, 0.5) is 0 Å². The van der Waals surface area contributed by atoms with Gasteiger partial charge in [0.25, 0.3) is 0 Å². The van der Waals surface area contributed by atoms with E-state index < -0.39 is 0 Å². The molecule has 0 spiro atoms. The summed E-state index contributed by atoms with van der Waals surface area (Å²) < 4.78 is 0. The van der Waals surface area contributed by atoms with Crippen LogP contribution in [-0.2, 0) is 4.79 Å².